The highest BCUT2D eigenvalue weighted by molar-refractivity contribution is 5.75. The van der Waals surface area contributed by atoms with E-state index in [0.29, 0.717) is 18.6 Å². The summed E-state index contributed by atoms with van der Waals surface area (Å²) in [5.74, 6) is 4.91. The Morgan fingerprint density at radius 3 is 2.20 bits per heavy atom. The van der Waals surface area contributed by atoms with Crippen molar-refractivity contribution >= 4 is 5.97 Å². The molecule has 282 valence electrons. The lowest BCUT2D eigenvalue weighted by molar-refractivity contribution is -0.187. The number of esters is 1. The first kappa shape index (κ1) is 39.3. The van der Waals surface area contributed by atoms with Crippen molar-refractivity contribution < 1.29 is 19.0 Å². The van der Waals surface area contributed by atoms with Crippen molar-refractivity contribution in [1.82, 2.24) is 0 Å². The van der Waals surface area contributed by atoms with Gasteiger partial charge in [-0.25, -0.2) is 4.79 Å². The van der Waals surface area contributed by atoms with E-state index in [1.54, 1.807) is 5.57 Å². The molecule has 4 heteroatoms. The first-order valence-electron chi connectivity index (χ1n) is 21.8. The number of hydrogen-bond donors (Lipinski definition) is 0. The van der Waals surface area contributed by atoms with E-state index in [4.69, 9.17) is 14.2 Å². The molecule has 0 N–H and O–H groups in total. The summed E-state index contributed by atoms with van der Waals surface area (Å²) in [4.78, 5) is 13.2. The van der Waals surface area contributed by atoms with Crippen molar-refractivity contribution in [3.63, 3.8) is 0 Å². The molecular formula is C45H78O4. The average molecular weight is 683 g/mol. The van der Waals surface area contributed by atoms with Crippen LogP contribution >= 0.6 is 0 Å². The third kappa shape index (κ3) is 9.97. The zero-order valence-electron chi connectivity index (χ0n) is 33.1. The topological polar surface area (TPSA) is 44.8 Å². The molecular weight excluding hydrogens is 604 g/mol. The lowest BCUT2D eigenvalue weighted by Gasteiger charge is -2.58. The molecule has 2 unspecified atom stereocenters. The van der Waals surface area contributed by atoms with Crippen LogP contribution in [0.1, 0.15) is 189 Å². The molecule has 10 atom stereocenters. The van der Waals surface area contributed by atoms with Crippen LogP contribution in [0.5, 0.6) is 0 Å². The summed E-state index contributed by atoms with van der Waals surface area (Å²) in [5, 5.41) is 0. The Morgan fingerprint density at radius 1 is 0.816 bits per heavy atom. The molecule has 3 saturated carbocycles. The molecule has 0 aromatic rings. The van der Waals surface area contributed by atoms with E-state index in [0.717, 1.165) is 61.2 Å². The number of unbranched alkanes of at least 4 members (excludes halogenated alkanes) is 10. The molecule has 4 aliphatic carbocycles. The lowest BCUT2D eigenvalue weighted by Crippen LogP contribution is -2.51. The zero-order valence-corrected chi connectivity index (χ0v) is 33.1. The number of rotatable bonds is 19. The van der Waals surface area contributed by atoms with Gasteiger partial charge in [-0.05, 0) is 97.7 Å². The Morgan fingerprint density at radius 2 is 1.53 bits per heavy atom. The second kappa shape index (κ2) is 18.8. The summed E-state index contributed by atoms with van der Waals surface area (Å²) in [7, 11) is 0. The normalized spacial score (nSPS) is 36.5. The molecule has 49 heavy (non-hydrogen) atoms. The van der Waals surface area contributed by atoms with Crippen LogP contribution in [0.15, 0.2) is 11.6 Å². The van der Waals surface area contributed by atoms with Crippen LogP contribution in [-0.4, -0.2) is 37.5 Å². The van der Waals surface area contributed by atoms with Gasteiger partial charge < -0.3 is 14.2 Å². The molecule has 0 aromatic heterocycles. The monoisotopic (exact) mass is 683 g/mol. The van der Waals surface area contributed by atoms with Crippen LogP contribution in [0.4, 0.5) is 0 Å². The van der Waals surface area contributed by atoms with Gasteiger partial charge in [-0.3, -0.25) is 0 Å². The van der Waals surface area contributed by atoms with Crippen molar-refractivity contribution in [1.29, 1.82) is 0 Å². The van der Waals surface area contributed by atoms with Gasteiger partial charge in [-0.2, -0.15) is 0 Å². The molecule has 0 radical (unpaired) electrons. The Labute approximate surface area is 303 Å². The molecule has 1 saturated heterocycles. The minimum atomic E-state index is -0.564. The number of ether oxygens (including phenoxy) is 3. The fraction of sp³-hybridized carbons (Fsp3) is 0.933. The van der Waals surface area contributed by atoms with Gasteiger partial charge in [0.2, 0.25) is 0 Å². The summed E-state index contributed by atoms with van der Waals surface area (Å²) in [6.07, 6.45) is 32.3. The average Bonchev–Trinajstić information content (AvgIpc) is 3.45. The maximum atomic E-state index is 13.2. The predicted octanol–water partition coefficient (Wildman–Crippen LogP) is 12.4. The lowest BCUT2D eigenvalue weighted by atomic mass is 9.47. The van der Waals surface area contributed by atoms with Crippen molar-refractivity contribution in [3.8, 4) is 0 Å². The molecule has 5 aliphatic rings. The van der Waals surface area contributed by atoms with Gasteiger partial charge in [0, 0.05) is 6.42 Å². The van der Waals surface area contributed by atoms with Gasteiger partial charge in [0.1, 0.15) is 6.10 Å². The highest BCUT2D eigenvalue weighted by Crippen LogP contribution is 2.67. The molecule has 0 bridgehead atoms. The second-order valence-electron chi connectivity index (χ2n) is 18.7. The van der Waals surface area contributed by atoms with E-state index in [2.05, 4.69) is 47.6 Å². The Bertz CT molecular complexity index is 1030. The van der Waals surface area contributed by atoms with E-state index in [1.807, 2.05) is 0 Å². The zero-order chi connectivity index (χ0) is 34.9. The van der Waals surface area contributed by atoms with Crippen LogP contribution in [-0.2, 0) is 19.0 Å². The first-order valence-corrected chi connectivity index (χ1v) is 21.8. The largest absolute Gasteiger partial charge is 0.460 e. The first-order chi connectivity index (χ1) is 23.7. The Hall–Kier alpha value is -0.870. The maximum Gasteiger partial charge on any atom is 0.337 e. The summed E-state index contributed by atoms with van der Waals surface area (Å²) >= 11 is 0. The van der Waals surface area contributed by atoms with Gasteiger partial charge in [-0.1, -0.05) is 143 Å². The fourth-order valence-corrected chi connectivity index (χ4v) is 11.9. The third-order valence-corrected chi connectivity index (χ3v) is 14.9. The Kier molecular flexibility index (Phi) is 15.1. The van der Waals surface area contributed by atoms with Crippen LogP contribution in [0, 0.1) is 46.3 Å². The van der Waals surface area contributed by atoms with Gasteiger partial charge in [-0.15, -0.1) is 0 Å². The van der Waals surface area contributed by atoms with Gasteiger partial charge in [0.25, 0.3) is 0 Å². The molecule has 1 aliphatic heterocycles. The minimum absolute atomic E-state index is 0.0163. The third-order valence-electron chi connectivity index (χ3n) is 14.9. The molecule has 0 aromatic carbocycles. The summed E-state index contributed by atoms with van der Waals surface area (Å²) < 4.78 is 18.3. The highest BCUT2D eigenvalue weighted by atomic mass is 16.6. The van der Waals surface area contributed by atoms with Gasteiger partial charge >= 0.3 is 5.97 Å². The quantitative estimate of drug-likeness (QED) is 0.0773. The van der Waals surface area contributed by atoms with Crippen molar-refractivity contribution in [2.45, 2.75) is 208 Å². The number of allylic oxidation sites excluding steroid dienone is 1. The molecule has 4 fully saturated rings. The maximum absolute atomic E-state index is 13.2. The van der Waals surface area contributed by atoms with Crippen molar-refractivity contribution in [3.05, 3.63) is 11.6 Å². The fourth-order valence-electron chi connectivity index (χ4n) is 11.9. The van der Waals surface area contributed by atoms with E-state index >= 15 is 0 Å². The molecule has 5 rings (SSSR count). The second-order valence-corrected chi connectivity index (χ2v) is 18.7. The van der Waals surface area contributed by atoms with Crippen LogP contribution in [0.25, 0.3) is 0 Å². The van der Waals surface area contributed by atoms with Gasteiger partial charge in [0.15, 0.2) is 6.10 Å². The smallest absolute Gasteiger partial charge is 0.337 e. The van der Waals surface area contributed by atoms with Crippen LogP contribution in [0.3, 0.4) is 0 Å². The van der Waals surface area contributed by atoms with Gasteiger partial charge in [0.05, 0.1) is 19.3 Å². The summed E-state index contributed by atoms with van der Waals surface area (Å²) in [6, 6.07) is 0. The summed E-state index contributed by atoms with van der Waals surface area (Å²) in [6.45, 7) is 15.7. The summed E-state index contributed by atoms with van der Waals surface area (Å²) in [5.41, 5.74) is 2.40. The Balaban J connectivity index is 1.00. The van der Waals surface area contributed by atoms with Crippen LogP contribution in [0.2, 0.25) is 0 Å². The number of fused-ring (bicyclic) bond motifs is 5. The van der Waals surface area contributed by atoms with Crippen LogP contribution < -0.4 is 0 Å². The highest BCUT2D eigenvalue weighted by Gasteiger charge is 2.59. The van der Waals surface area contributed by atoms with Crippen molar-refractivity contribution in [2.75, 3.05) is 13.2 Å². The standard InChI is InChI=1S/C45H78O4/c1-7-8-9-10-11-12-13-14-15-16-17-21-37-31-48-42(32-47-37)43(46)49-36-26-28-44(5)35(30-36)22-23-38-40-25-24-39(34(4)20-18-19-33(2)3)45(40,6)29-27-41(38)44/h22,33-34,36-42H,7-21,23-32H2,1-6H3/t34-,36+,37?,38+,39-,40+,41+,42?,44+,45-/m1/s1. The SMILES string of the molecule is CCCCCCCCCCCCCC1COC(C(=O)O[C@H]2CC[C@@]3(C)C(=CC[C@H]4[C@@H]5CC[C@H]([C@H](C)CCCC(C)C)[C@@]5(C)CC[C@@H]43)C2)CO1. The predicted molar refractivity (Wildman–Crippen MR) is 203 cm³/mol. The molecule has 0 amide bonds. The minimum Gasteiger partial charge on any atom is -0.460 e. The van der Waals surface area contributed by atoms with E-state index in [9.17, 15) is 4.79 Å². The number of carbonyl (C=O) groups excluding carboxylic acids is 1. The number of hydrogen-bond acceptors (Lipinski definition) is 4. The van der Waals surface area contributed by atoms with Crippen molar-refractivity contribution in [2.24, 2.45) is 46.3 Å². The molecule has 1 heterocycles. The number of carbonyl (C=O) groups is 1. The molecule has 4 nitrogen and oxygen atoms in total. The van der Waals surface area contributed by atoms with E-state index in [1.165, 1.54) is 122 Å². The van der Waals surface area contributed by atoms with E-state index in [-0.39, 0.29) is 23.6 Å². The van der Waals surface area contributed by atoms with E-state index < -0.39 is 6.10 Å². The molecule has 0 spiro atoms.